The fourth-order valence-corrected chi connectivity index (χ4v) is 2.38. The van der Waals surface area contributed by atoms with Gasteiger partial charge in [-0.25, -0.2) is 4.39 Å². The highest BCUT2D eigenvalue weighted by Crippen LogP contribution is 2.27. The van der Waals surface area contributed by atoms with Crippen molar-refractivity contribution < 1.29 is 9.18 Å². The van der Waals surface area contributed by atoms with Crippen molar-refractivity contribution in [2.75, 3.05) is 0 Å². The predicted molar refractivity (Wildman–Crippen MR) is 62.6 cm³/mol. The van der Waals surface area contributed by atoms with Crippen LogP contribution < -0.4 is 5.73 Å². The molecule has 0 spiro atoms. The summed E-state index contributed by atoms with van der Waals surface area (Å²) in [4.78, 5) is 11.5. The van der Waals surface area contributed by atoms with Gasteiger partial charge in [-0.15, -0.1) is 10.2 Å². The van der Waals surface area contributed by atoms with Gasteiger partial charge in [0.2, 0.25) is 10.8 Å². The zero-order valence-corrected chi connectivity index (χ0v) is 9.69. The lowest BCUT2D eigenvalue weighted by Crippen LogP contribution is -2.15. The summed E-state index contributed by atoms with van der Waals surface area (Å²) in [5.41, 5.74) is 5.48. The van der Waals surface area contributed by atoms with Crippen LogP contribution in [0.4, 0.5) is 4.39 Å². The standard InChI is InChI=1S/C10H6FN5OS/c11-6-4-2-1-3-5(6)9-15-16-8(7(12)17)13-14-10(16)18-9/h1-4H,(H2,12,17). The number of aromatic nitrogens is 4. The summed E-state index contributed by atoms with van der Waals surface area (Å²) in [5, 5.41) is 11.9. The number of hydrogen-bond donors (Lipinski definition) is 1. The minimum Gasteiger partial charge on any atom is -0.363 e. The van der Waals surface area contributed by atoms with Gasteiger partial charge in [-0.05, 0) is 12.1 Å². The van der Waals surface area contributed by atoms with Crippen molar-refractivity contribution in [1.29, 1.82) is 0 Å². The second-order valence-electron chi connectivity index (χ2n) is 3.47. The molecule has 0 fully saturated rings. The Morgan fingerprint density at radius 1 is 1.33 bits per heavy atom. The first-order valence-electron chi connectivity index (χ1n) is 4.94. The lowest BCUT2D eigenvalue weighted by molar-refractivity contribution is 0.0988. The Kier molecular flexibility index (Phi) is 2.30. The van der Waals surface area contributed by atoms with E-state index in [1.165, 1.54) is 10.6 Å². The monoisotopic (exact) mass is 263 g/mol. The molecular formula is C10H6FN5OS. The van der Waals surface area contributed by atoms with E-state index in [4.69, 9.17) is 5.73 Å². The molecule has 1 aromatic carbocycles. The van der Waals surface area contributed by atoms with E-state index in [1.807, 2.05) is 0 Å². The summed E-state index contributed by atoms with van der Waals surface area (Å²) < 4.78 is 14.8. The summed E-state index contributed by atoms with van der Waals surface area (Å²) >= 11 is 1.13. The molecule has 0 saturated heterocycles. The maximum atomic E-state index is 13.6. The highest BCUT2D eigenvalue weighted by Gasteiger charge is 2.17. The second-order valence-corrected chi connectivity index (χ2v) is 4.43. The zero-order valence-electron chi connectivity index (χ0n) is 8.87. The molecular weight excluding hydrogens is 257 g/mol. The molecule has 18 heavy (non-hydrogen) atoms. The number of benzene rings is 1. The van der Waals surface area contributed by atoms with Gasteiger partial charge >= 0.3 is 0 Å². The predicted octanol–water partition coefficient (Wildman–Crippen LogP) is 1.09. The molecule has 6 nitrogen and oxygen atoms in total. The van der Waals surface area contributed by atoms with E-state index < -0.39 is 5.91 Å². The topological polar surface area (TPSA) is 86.2 Å². The fraction of sp³-hybridized carbons (Fsp3) is 0. The number of rotatable bonds is 2. The van der Waals surface area contributed by atoms with Crippen molar-refractivity contribution in [3.05, 3.63) is 35.9 Å². The van der Waals surface area contributed by atoms with Crippen molar-refractivity contribution in [1.82, 2.24) is 19.8 Å². The molecule has 2 N–H and O–H groups in total. The molecule has 0 saturated carbocycles. The second kappa shape index (κ2) is 3.84. The average molecular weight is 263 g/mol. The molecule has 0 aliphatic rings. The summed E-state index contributed by atoms with van der Waals surface area (Å²) in [7, 11) is 0. The van der Waals surface area contributed by atoms with Crippen LogP contribution in [0.1, 0.15) is 10.6 Å². The molecule has 0 atom stereocenters. The van der Waals surface area contributed by atoms with Crippen LogP contribution in [-0.4, -0.2) is 25.7 Å². The quantitative estimate of drug-likeness (QED) is 0.749. The number of hydrogen-bond acceptors (Lipinski definition) is 5. The van der Waals surface area contributed by atoms with Gasteiger partial charge in [0.05, 0.1) is 0 Å². The Morgan fingerprint density at radius 3 is 2.83 bits per heavy atom. The first kappa shape index (κ1) is 10.8. The molecule has 2 heterocycles. The van der Waals surface area contributed by atoms with Crippen LogP contribution in [0.5, 0.6) is 0 Å². The van der Waals surface area contributed by atoms with Crippen molar-refractivity contribution in [2.45, 2.75) is 0 Å². The van der Waals surface area contributed by atoms with Crippen LogP contribution >= 0.6 is 11.3 Å². The number of carbonyl (C=O) groups excluding carboxylic acids is 1. The summed E-state index contributed by atoms with van der Waals surface area (Å²) in [6, 6.07) is 6.24. The number of halogens is 1. The third-order valence-electron chi connectivity index (χ3n) is 2.32. The maximum absolute atomic E-state index is 13.6. The number of carbonyl (C=O) groups is 1. The summed E-state index contributed by atoms with van der Waals surface area (Å²) in [6.45, 7) is 0. The smallest absolute Gasteiger partial charge is 0.288 e. The maximum Gasteiger partial charge on any atom is 0.288 e. The molecule has 8 heteroatoms. The van der Waals surface area contributed by atoms with Gasteiger partial charge in [0.25, 0.3) is 5.91 Å². The minimum atomic E-state index is -0.729. The average Bonchev–Trinajstić information content (AvgIpc) is 2.88. The van der Waals surface area contributed by atoms with Crippen molar-refractivity contribution in [3.8, 4) is 10.6 Å². The first-order valence-corrected chi connectivity index (χ1v) is 5.75. The molecule has 0 bridgehead atoms. The Balaban J connectivity index is 2.20. The van der Waals surface area contributed by atoms with Gasteiger partial charge in [0, 0.05) is 5.56 Å². The molecule has 0 aliphatic heterocycles. The molecule has 2 aromatic heterocycles. The lowest BCUT2D eigenvalue weighted by Gasteiger charge is -1.96. The third-order valence-corrected chi connectivity index (χ3v) is 3.25. The molecule has 90 valence electrons. The number of nitrogens with two attached hydrogens (primary N) is 1. The van der Waals surface area contributed by atoms with Crippen LogP contribution in [0.3, 0.4) is 0 Å². The van der Waals surface area contributed by atoms with E-state index in [0.29, 0.717) is 15.5 Å². The highest BCUT2D eigenvalue weighted by atomic mass is 32.1. The van der Waals surface area contributed by atoms with Gasteiger partial charge < -0.3 is 5.73 Å². The number of primary amides is 1. The fourth-order valence-electron chi connectivity index (χ4n) is 1.51. The molecule has 1 amide bonds. The van der Waals surface area contributed by atoms with E-state index in [0.717, 1.165) is 11.3 Å². The molecule has 0 radical (unpaired) electrons. The van der Waals surface area contributed by atoms with E-state index in [1.54, 1.807) is 18.2 Å². The SMILES string of the molecule is NC(=O)c1nnc2sc(-c3ccccc3F)nn12. The van der Waals surface area contributed by atoms with Gasteiger partial charge in [-0.3, -0.25) is 4.79 Å². The Labute approximate surface area is 104 Å². The van der Waals surface area contributed by atoms with E-state index in [2.05, 4.69) is 15.3 Å². The number of fused-ring (bicyclic) bond motifs is 1. The minimum absolute atomic E-state index is 0.0659. The molecule has 3 aromatic rings. The van der Waals surface area contributed by atoms with Crippen LogP contribution in [0.25, 0.3) is 15.5 Å². The molecule has 3 rings (SSSR count). The third kappa shape index (κ3) is 1.54. The summed E-state index contributed by atoms with van der Waals surface area (Å²) in [6.07, 6.45) is 0. The van der Waals surface area contributed by atoms with Crippen LogP contribution in [0.2, 0.25) is 0 Å². The van der Waals surface area contributed by atoms with Crippen molar-refractivity contribution in [2.24, 2.45) is 5.73 Å². The Hall–Kier alpha value is -2.35. The number of nitrogens with zero attached hydrogens (tertiary/aromatic N) is 4. The van der Waals surface area contributed by atoms with Crippen LogP contribution in [-0.2, 0) is 0 Å². The first-order chi connectivity index (χ1) is 8.66. The largest absolute Gasteiger partial charge is 0.363 e. The number of amides is 1. The van der Waals surface area contributed by atoms with E-state index in [9.17, 15) is 9.18 Å². The van der Waals surface area contributed by atoms with Gasteiger partial charge in [0.1, 0.15) is 5.82 Å². The van der Waals surface area contributed by atoms with Gasteiger partial charge in [-0.1, -0.05) is 23.5 Å². The van der Waals surface area contributed by atoms with Crippen LogP contribution in [0, 0.1) is 5.82 Å². The molecule has 0 unspecified atom stereocenters. The summed E-state index contributed by atoms with van der Waals surface area (Å²) in [5.74, 6) is -1.18. The van der Waals surface area contributed by atoms with E-state index in [-0.39, 0.29) is 11.6 Å². The van der Waals surface area contributed by atoms with Crippen molar-refractivity contribution in [3.63, 3.8) is 0 Å². The van der Waals surface area contributed by atoms with E-state index >= 15 is 0 Å². The Morgan fingerprint density at radius 2 is 2.11 bits per heavy atom. The van der Waals surface area contributed by atoms with Gasteiger partial charge in [-0.2, -0.15) is 9.61 Å². The van der Waals surface area contributed by atoms with Crippen LogP contribution in [0.15, 0.2) is 24.3 Å². The Bertz CT molecular complexity index is 750. The highest BCUT2D eigenvalue weighted by molar-refractivity contribution is 7.19. The zero-order chi connectivity index (χ0) is 12.7. The van der Waals surface area contributed by atoms with Gasteiger partial charge in [0.15, 0.2) is 5.01 Å². The lowest BCUT2D eigenvalue weighted by atomic mass is 10.2. The molecule has 0 aliphatic carbocycles. The normalized spacial score (nSPS) is 10.9. The van der Waals surface area contributed by atoms with Crippen molar-refractivity contribution >= 4 is 22.2 Å².